The van der Waals surface area contributed by atoms with Gasteiger partial charge in [-0.3, -0.25) is 4.57 Å². The lowest BCUT2D eigenvalue weighted by Gasteiger charge is -2.09. The summed E-state index contributed by atoms with van der Waals surface area (Å²) in [6.07, 6.45) is 1.74. The first kappa shape index (κ1) is 13.5. The minimum absolute atomic E-state index is 0.290. The third kappa shape index (κ3) is 1.99. The molecule has 0 spiro atoms. The van der Waals surface area contributed by atoms with Crippen molar-refractivity contribution in [3.63, 3.8) is 0 Å². The van der Waals surface area contributed by atoms with Gasteiger partial charge in [-0.05, 0) is 71.3 Å². The predicted octanol–water partition coefficient (Wildman–Crippen LogP) is 4.60. The number of nitrogens with zero attached hydrogens (tertiary/aromatic N) is 2. The van der Waals surface area contributed by atoms with Crippen molar-refractivity contribution in [3.8, 4) is 5.69 Å². The van der Waals surface area contributed by atoms with Crippen LogP contribution in [0.3, 0.4) is 0 Å². The highest BCUT2D eigenvalue weighted by Gasteiger charge is 2.13. The molecule has 2 aromatic heterocycles. The maximum atomic E-state index is 13.6. The molecule has 0 fully saturated rings. The number of imidazole rings is 1. The number of pyridine rings is 1. The Labute approximate surface area is 128 Å². The van der Waals surface area contributed by atoms with Gasteiger partial charge in [-0.25, -0.2) is 9.37 Å². The second-order valence-electron chi connectivity index (χ2n) is 4.64. The van der Waals surface area contributed by atoms with Crippen LogP contribution in [0.2, 0.25) is 0 Å². The summed E-state index contributed by atoms with van der Waals surface area (Å²) < 4.78 is 16.4. The highest BCUT2D eigenvalue weighted by molar-refractivity contribution is 9.10. The zero-order valence-corrected chi connectivity index (χ0v) is 13.3. The number of benzene rings is 1. The first-order valence-corrected chi connectivity index (χ1v) is 7.21. The maximum Gasteiger partial charge on any atom is 0.184 e. The molecule has 3 nitrogen and oxygen atoms in total. The van der Waals surface area contributed by atoms with Crippen LogP contribution in [0.1, 0.15) is 11.1 Å². The van der Waals surface area contributed by atoms with Crippen molar-refractivity contribution in [2.45, 2.75) is 13.8 Å². The number of hydrogen-bond donors (Lipinski definition) is 1. The summed E-state index contributed by atoms with van der Waals surface area (Å²) in [5.41, 5.74) is 4.33. The molecule has 20 heavy (non-hydrogen) atoms. The lowest BCUT2D eigenvalue weighted by molar-refractivity contribution is 0.619. The third-order valence-corrected chi connectivity index (χ3v) is 4.16. The van der Waals surface area contributed by atoms with Crippen molar-refractivity contribution < 1.29 is 4.39 Å². The molecule has 0 radical (unpaired) electrons. The van der Waals surface area contributed by atoms with Gasteiger partial charge < -0.3 is 4.98 Å². The van der Waals surface area contributed by atoms with E-state index in [0.29, 0.717) is 9.24 Å². The molecule has 102 valence electrons. The average Bonchev–Trinajstić information content (AvgIpc) is 2.72. The molecule has 0 aliphatic carbocycles. The summed E-state index contributed by atoms with van der Waals surface area (Å²) in [5, 5.41) is 0. The third-order valence-electron chi connectivity index (χ3n) is 3.27. The molecule has 0 bridgehead atoms. The van der Waals surface area contributed by atoms with Gasteiger partial charge in [0.15, 0.2) is 10.4 Å². The lowest BCUT2D eigenvalue weighted by Crippen LogP contribution is -1.99. The lowest BCUT2D eigenvalue weighted by atomic mass is 10.2. The molecule has 1 aromatic carbocycles. The quantitative estimate of drug-likeness (QED) is 0.650. The van der Waals surface area contributed by atoms with E-state index in [1.807, 2.05) is 24.5 Å². The van der Waals surface area contributed by atoms with Gasteiger partial charge in [0.25, 0.3) is 0 Å². The van der Waals surface area contributed by atoms with Gasteiger partial charge in [0.2, 0.25) is 0 Å². The monoisotopic (exact) mass is 351 g/mol. The van der Waals surface area contributed by atoms with Gasteiger partial charge in [-0.15, -0.1) is 0 Å². The summed E-state index contributed by atoms with van der Waals surface area (Å²) in [4.78, 5) is 7.55. The Morgan fingerprint density at radius 2 is 2.05 bits per heavy atom. The fourth-order valence-corrected chi connectivity index (χ4v) is 2.85. The number of nitrogens with one attached hydrogen (secondary N) is 1. The second kappa shape index (κ2) is 4.79. The van der Waals surface area contributed by atoms with Gasteiger partial charge in [0.1, 0.15) is 5.82 Å². The van der Waals surface area contributed by atoms with Crippen LogP contribution in [0, 0.1) is 24.4 Å². The Morgan fingerprint density at radius 1 is 1.30 bits per heavy atom. The van der Waals surface area contributed by atoms with Crippen molar-refractivity contribution in [3.05, 3.63) is 50.6 Å². The van der Waals surface area contributed by atoms with Crippen LogP contribution in [-0.4, -0.2) is 14.5 Å². The minimum atomic E-state index is -0.290. The number of fused-ring (bicyclic) bond motifs is 1. The van der Waals surface area contributed by atoms with Crippen LogP contribution >= 0.6 is 28.1 Å². The Bertz CT molecular complexity index is 882. The SMILES string of the molecule is Cc1cc(F)c(Br)cc1-n1c(=S)[nH]c2c(C)ccnc21. The Balaban J connectivity index is 2.41. The van der Waals surface area contributed by atoms with Crippen LogP contribution in [0.5, 0.6) is 0 Å². The van der Waals surface area contributed by atoms with Crippen molar-refractivity contribution in [2.75, 3.05) is 0 Å². The van der Waals surface area contributed by atoms with Crippen molar-refractivity contribution >= 4 is 39.3 Å². The number of aromatic amines is 1. The molecule has 0 aliphatic rings. The number of aryl methyl sites for hydroxylation is 2. The largest absolute Gasteiger partial charge is 0.329 e. The molecule has 0 saturated heterocycles. The molecule has 1 N–H and O–H groups in total. The molecule has 0 aliphatic heterocycles. The van der Waals surface area contributed by atoms with Gasteiger partial charge >= 0.3 is 0 Å². The van der Waals surface area contributed by atoms with Crippen molar-refractivity contribution in [2.24, 2.45) is 0 Å². The molecule has 3 aromatic rings. The smallest absolute Gasteiger partial charge is 0.184 e. The minimum Gasteiger partial charge on any atom is -0.329 e. The second-order valence-corrected chi connectivity index (χ2v) is 5.89. The normalized spacial score (nSPS) is 11.2. The van der Waals surface area contributed by atoms with E-state index >= 15 is 0 Å². The van der Waals surface area contributed by atoms with Gasteiger partial charge in [-0.1, -0.05) is 0 Å². The first-order valence-electron chi connectivity index (χ1n) is 6.01. The fraction of sp³-hybridized carbons (Fsp3) is 0.143. The van der Waals surface area contributed by atoms with Gasteiger partial charge in [0, 0.05) is 6.20 Å². The van der Waals surface area contributed by atoms with E-state index in [2.05, 4.69) is 25.9 Å². The van der Waals surface area contributed by atoms with E-state index in [1.54, 1.807) is 12.3 Å². The molecule has 3 rings (SSSR count). The molecule has 0 amide bonds. The van der Waals surface area contributed by atoms with Gasteiger partial charge in [0.05, 0.1) is 15.7 Å². The Hall–Kier alpha value is -1.53. The highest BCUT2D eigenvalue weighted by Crippen LogP contribution is 2.27. The highest BCUT2D eigenvalue weighted by atomic mass is 79.9. The van der Waals surface area contributed by atoms with Crippen molar-refractivity contribution in [1.82, 2.24) is 14.5 Å². The summed E-state index contributed by atoms with van der Waals surface area (Å²) in [6, 6.07) is 5.12. The van der Waals surface area contributed by atoms with E-state index < -0.39 is 0 Å². The maximum absolute atomic E-state index is 13.6. The van der Waals surface area contributed by atoms with Crippen LogP contribution in [-0.2, 0) is 0 Å². The molecule has 6 heteroatoms. The number of hydrogen-bond acceptors (Lipinski definition) is 2. The Kier molecular flexibility index (Phi) is 3.22. The zero-order chi connectivity index (χ0) is 14.4. The summed E-state index contributed by atoms with van der Waals surface area (Å²) >= 11 is 8.60. The molecule has 0 atom stereocenters. The van der Waals surface area contributed by atoms with Gasteiger partial charge in [-0.2, -0.15) is 0 Å². The van der Waals surface area contributed by atoms with E-state index in [0.717, 1.165) is 28.0 Å². The summed E-state index contributed by atoms with van der Waals surface area (Å²) in [7, 11) is 0. The molecular formula is C14H11BrFN3S. The summed E-state index contributed by atoms with van der Waals surface area (Å²) in [6.45, 7) is 3.84. The van der Waals surface area contributed by atoms with E-state index in [-0.39, 0.29) is 5.82 Å². The standard InChI is InChI=1S/C14H11BrFN3S/c1-7-3-4-17-13-12(7)18-14(20)19(13)11-6-9(15)10(16)5-8(11)2/h3-6H,1-2H3,(H,18,20). The topological polar surface area (TPSA) is 33.6 Å². The predicted molar refractivity (Wildman–Crippen MR) is 83.4 cm³/mol. The zero-order valence-electron chi connectivity index (χ0n) is 10.9. The Morgan fingerprint density at radius 3 is 2.80 bits per heavy atom. The van der Waals surface area contributed by atoms with E-state index in [1.165, 1.54) is 6.07 Å². The number of rotatable bonds is 1. The molecule has 0 saturated carbocycles. The van der Waals surface area contributed by atoms with E-state index in [4.69, 9.17) is 12.2 Å². The number of halogens is 2. The number of aromatic nitrogens is 3. The van der Waals surface area contributed by atoms with Crippen LogP contribution < -0.4 is 0 Å². The van der Waals surface area contributed by atoms with Crippen LogP contribution in [0.4, 0.5) is 4.39 Å². The first-order chi connectivity index (χ1) is 9.49. The fourth-order valence-electron chi connectivity index (χ4n) is 2.23. The molecule has 2 heterocycles. The van der Waals surface area contributed by atoms with Crippen LogP contribution in [0.15, 0.2) is 28.9 Å². The summed E-state index contributed by atoms with van der Waals surface area (Å²) in [5.74, 6) is -0.290. The average molecular weight is 352 g/mol. The van der Waals surface area contributed by atoms with Crippen LogP contribution in [0.25, 0.3) is 16.9 Å². The number of H-pyrrole nitrogens is 1. The molecule has 0 unspecified atom stereocenters. The van der Waals surface area contributed by atoms with E-state index in [9.17, 15) is 4.39 Å². The molecular weight excluding hydrogens is 341 g/mol. The van der Waals surface area contributed by atoms with Crippen molar-refractivity contribution in [1.29, 1.82) is 0 Å².